The van der Waals surface area contributed by atoms with Crippen molar-refractivity contribution in [1.29, 1.82) is 0 Å². The van der Waals surface area contributed by atoms with Crippen LogP contribution in [-0.2, 0) is 5.75 Å². The van der Waals surface area contributed by atoms with E-state index in [9.17, 15) is 22.7 Å². The molecule has 0 saturated heterocycles. The third-order valence-corrected chi connectivity index (χ3v) is 7.17. The maximum atomic E-state index is 14.5. The van der Waals surface area contributed by atoms with Crippen molar-refractivity contribution in [3.8, 4) is 23.4 Å². The monoisotopic (exact) mass is 598 g/mol. The van der Waals surface area contributed by atoms with E-state index in [2.05, 4.69) is 9.97 Å². The van der Waals surface area contributed by atoms with Crippen LogP contribution in [-0.4, -0.2) is 15.1 Å². The number of ether oxygens (including phenoxy) is 2. The highest BCUT2D eigenvalue weighted by Gasteiger charge is 2.24. The summed E-state index contributed by atoms with van der Waals surface area (Å²) in [5.74, 6) is -4.17. The molecule has 0 aliphatic heterocycles. The molecule has 0 fully saturated rings. The Balaban J connectivity index is 1.49. The molecule has 4 aromatic carbocycles. The van der Waals surface area contributed by atoms with Gasteiger partial charge in [-0.25, -0.2) is 22.5 Å². The normalized spacial score (nSPS) is 11.8. The van der Waals surface area contributed by atoms with E-state index in [1.807, 2.05) is 36.4 Å². The fourth-order valence-electron chi connectivity index (χ4n) is 3.73. The number of rotatable bonds is 9. The molecule has 0 bridgehead atoms. The Morgan fingerprint density at radius 1 is 0.780 bits per heavy atom. The standard InChI is InChI=1S/C30H19ClF4N2O3S/c31-23-9-8-20(41-16-17-4-2-1-3-5-17)14-21(23)28(38)22-15-36-30(40-27-11-7-19(33)13-25(27)35)37-29(22)39-26-10-6-18(32)12-24(26)34/h1-15,28,38H,16H2. The molecule has 0 saturated carbocycles. The Labute approximate surface area is 241 Å². The lowest BCUT2D eigenvalue weighted by Gasteiger charge is -2.18. The molecule has 1 aromatic heterocycles. The lowest BCUT2D eigenvalue weighted by Crippen LogP contribution is -2.07. The van der Waals surface area contributed by atoms with E-state index in [1.165, 1.54) is 11.8 Å². The number of aliphatic hydroxyl groups is 1. The van der Waals surface area contributed by atoms with Crippen LogP contribution in [0.4, 0.5) is 17.6 Å². The van der Waals surface area contributed by atoms with Gasteiger partial charge in [0, 0.05) is 39.6 Å². The summed E-state index contributed by atoms with van der Waals surface area (Å²) in [5, 5.41) is 11.6. The molecule has 1 heterocycles. The topological polar surface area (TPSA) is 64.5 Å². The highest BCUT2D eigenvalue weighted by molar-refractivity contribution is 7.98. The van der Waals surface area contributed by atoms with Gasteiger partial charge in [0.2, 0.25) is 5.88 Å². The molecule has 5 nitrogen and oxygen atoms in total. The van der Waals surface area contributed by atoms with Gasteiger partial charge in [-0.05, 0) is 48.0 Å². The Morgan fingerprint density at radius 3 is 2.10 bits per heavy atom. The molecule has 1 unspecified atom stereocenters. The smallest absolute Gasteiger partial charge is 0.325 e. The van der Waals surface area contributed by atoms with E-state index < -0.39 is 41.1 Å². The Kier molecular flexibility index (Phi) is 8.72. The van der Waals surface area contributed by atoms with Crippen LogP contribution in [0.15, 0.2) is 96.0 Å². The van der Waals surface area contributed by atoms with Crippen molar-refractivity contribution in [3.63, 3.8) is 0 Å². The number of benzene rings is 4. The number of hydrogen-bond donors (Lipinski definition) is 1. The molecule has 0 amide bonds. The molecule has 5 rings (SSSR count). The molecular weight excluding hydrogens is 580 g/mol. The van der Waals surface area contributed by atoms with Gasteiger partial charge in [0.05, 0.1) is 5.56 Å². The van der Waals surface area contributed by atoms with Crippen LogP contribution in [0.1, 0.15) is 22.8 Å². The van der Waals surface area contributed by atoms with E-state index >= 15 is 0 Å². The minimum Gasteiger partial charge on any atom is -0.435 e. The molecule has 41 heavy (non-hydrogen) atoms. The van der Waals surface area contributed by atoms with Crippen molar-refractivity contribution >= 4 is 23.4 Å². The molecule has 5 aromatic rings. The lowest BCUT2D eigenvalue weighted by molar-refractivity contribution is 0.213. The largest absolute Gasteiger partial charge is 0.435 e. The summed E-state index contributed by atoms with van der Waals surface area (Å²) in [7, 11) is 0. The zero-order valence-electron chi connectivity index (χ0n) is 20.9. The van der Waals surface area contributed by atoms with Crippen molar-refractivity contribution in [3.05, 3.63) is 136 Å². The molecule has 0 spiro atoms. The summed E-state index contributed by atoms with van der Waals surface area (Å²) in [4.78, 5) is 8.91. The van der Waals surface area contributed by atoms with Crippen LogP contribution in [0, 0.1) is 23.3 Å². The maximum absolute atomic E-state index is 14.5. The van der Waals surface area contributed by atoms with Crippen molar-refractivity contribution in [2.24, 2.45) is 0 Å². The molecule has 0 aliphatic rings. The molecule has 1 atom stereocenters. The summed E-state index contributed by atoms with van der Waals surface area (Å²) in [6, 6.07) is 19.7. The first-order valence-corrected chi connectivity index (χ1v) is 13.4. The first kappa shape index (κ1) is 28.4. The predicted molar refractivity (Wildman–Crippen MR) is 146 cm³/mol. The first-order chi connectivity index (χ1) is 19.8. The average Bonchev–Trinajstić information content (AvgIpc) is 2.96. The van der Waals surface area contributed by atoms with E-state index in [0.717, 1.165) is 40.9 Å². The zero-order chi connectivity index (χ0) is 28.9. The third kappa shape index (κ3) is 6.97. The van der Waals surface area contributed by atoms with E-state index in [0.29, 0.717) is 17.9 Å². The number of thioether (sulfide) groups is 1. The molecule has 1 N–H and O–H groups in total. The third-order valence-electron chi connectivity index (χ3n) is 5.76. The number of nitrogens with zero attached hydrogens (tertiary/aromatic N) is 2. The van der Waals surface area contributed by atoms with Gasteiger partial charge >= 0.3 is 6.01 Å². The fourth-order valence-corrected chi connectivity index (χ4v) is 4.85. The minimum atomic E-state index is -1.45. The number of halogens is 5. The second-order valence-corrected chi connectivity index (χ2v) is 10.1. The molecular formula is C30H19ClF4N2O3S. The van der Waals surface area contributed by atoms with E-state index in [4.69, 9.17) is 21.1 Å². The first-order valence-electron chi connectivity index (χ1n) is 12.0. The molecule has 0 aliphatic carbocycles. The maximum Gasteiger partial charge on any atom is 0.325 e. The second-order valence-electron chi connectivity index (χ2n) is 8.63. The Morgan fingerprint density at radius 2 is 1.44 bits per heavy atom. The summed E-state index contributed by atoms with van der Waals surface area (Å²) < 4.78 is 66.4. The van der Waals surface area contributed by atoms with E-state index in [-0.39, 0.29) is 27.8 Å². The van der Waals surface area contributed by atoms with Gasteiger partial charge in [0.1, 0.15) is 17.7 Å². The number of aromatic nitrogens is 2. The average molecular weight is 599 g/mol. The van der Waals surface area contributed by atoms with Gasteiger partial charge in [0.25, 0.3) is 0 Å². The van der Waals surface area contributed by atoms with Gasteiger partial charge in [-0.1, -0.05) is 41.9 Å². The van der Waals surface area contributed by atoms with Gasteiger partial charge in [-0.2, -0.15) is 4.98 Å². The van der Waals surface area contributed by atoms with Crippen molar-refractivity contribution in [2.45, 2.75) is 16.8 Å². The minimum absolute atomic E-state index is 0.0345. The molecule has 208 valence electrons. The summed E-state index contributed by atoms with van der Waals surface area (Å²) in [5.41, 5.74) is 1.36. The second kappa shape index (κ2) is 12.6. The zero-order valence-corrected chi connectivity index (χ0v) is 22.5. The summed E-state index contributed by atoms with van der Waals surface area (Å²) in [6.07, 6.45) is -0.305. The van der Waals surface area contributed by atoms with Gasteiger partial charge < -0.3 is 14.6 Å². The number of hydrogen-bond acceptors (Lipinski definition) is 6. The predicted octanol–water partition coefficient (Wildman–Crippen LogP) is 8.65. The van der Waals surface area contributed by atoms with Crippen LogP contribution in [0.25, 0.3) is 0 Å². The SMILES string of the molecule is OC(c1cc(SCc2ccccc2)ccc1Cl)c1cnc(Oc2ccc(F)cc2F)nc1Oc1ccc(F)cc1F. The lowest BCUT2D eigenvalue weighted by atomic mass is 10.0. The van der Waals surface area contributed by atoms with Crippen molar-refractivity contribution in [1.82, 2.24) is 9.97 Å². The highest BCUT2D eigenvalue weighted by Crippen LogP contribution is 2.38. The van der Waals surface area contributed by atoms with Crippen LogP contribution < -0.4 is 9.47 Å². The quantitative estimate of drug-likeness (QED) is 0.135. The highest BCUT2D eigenvalue weighted by atomic mass is 35.5. The van der Waals surface area contributed by atoms with Gasteiger partial charge in [0.15, 0.2) is 23.1 Å². The Bertz CT molecular complexity index is 1690. The van der Waals surface area contributed by atoms with Gasteiger partial charge in [-0.15, -0.1) is 11.8 Å². The van der Waals surface area contributed by atoms with Crippen molar-refractivity contribution < 1.29 is 32.1 Å². The fraction of sp³-hybridized carbons (Fsp3) is 0.0667. The van der Waals surface area contributed by atoms with Gasteiger partial charge in [-0.3, -0.25) is 0 Å². The Hall–Kier alpha value is -4.12. The molecule has 11 heteroatoms. The van der Waals surface area contributed by atoms with Crippen LogP contribution in [0.3, 0.4) is 0 Å². The van der Waals surface area contributed by atoms with Crippen LogP contribution in [0.2, 0.25) is 5.02 Å². The van der Waals surface area contributed by atoms with Crippen molar-refractivity contribution in [2.75, 3.05) is 0 Å². The summed E-state index contributed by atoms with van der Waals surface area (Å²) >= 11 is 7.96. The van der Waals surface area contributed by atoms with Crippen LogP contribution in [0.5, 0.6) is 23.4 Å². The summed E-state index contributed by atoms with van der Waals surface area (Å²) in [6.45, 7) is 0. The van der Waals surface area contributed by atoms with E-state index in [1.54, 1.807) is 12.1 Å². The molecule has 0 radical (unpaired) electrons. The van der Waals surface area contributed by atoms with Crippen LogP contribution >= 0.6 is 23.4 Å². The number of aliphatic hydroxyl groups excluding tert-OH is 1.